The van der Waals surface area contributed by atoms with Crippen LogP contribution in [-0.2, 0) is 9.59 Å². The summed E-state index contributed by atoms with van der Waals surface area (Å²) in [4.78, 5) is 28.0. The number of ether oxygens (including phenoxy) is 3. The SMILES string of the molecule is COc1ccc(N2C(=O)C(SCCO)=C(c3ccccc3OC)C2=O)c(OC)c1. The van der Waals surface area contributed by atoms with Crippen LogP contribution in [0.25, 0.3) is 5.57 Å². The van der Waals surface area contributed by atoms with Crippen LogP contribution in [0.1, 0.15) is 5.56 Å². The quantitative estimate of drug-likeness (QED) is 0.664. The van der Waals surface area contributed by atoms with E-state index < -0.39 is 11.8 Å². The first-order chi connectivity index (χ1) is 14.1. The Morgan fingerprint density at radius 3 is 2.31 bits per heavy atom. The first kappa shape index (κ1) is 20.8. The standard InChI is InChI=1S/C21H21NO6S/c1-26-13-8-9-15(17(12-13)28-3)22-20(24)18(19(21(22)25)29-11-10-23)14-6-4-5-7-16(14)27-2/h4-9,12,23H,10-11H2,1-3H3. The first-order valence-corrected chi connectivity index (χ1v) is 9.78. The number of carbonyl (C=O) groups excluding carboxylic acids is 2. The summed E-state index contributed by atoms with van der Waals surface area (Å²) in [6.45, 7) is -0.124. The first-order valence-electron chi connectivity index (χ1n) is 8.79. The molecule has 1 heterocycles. The molecule has 0 aliphatic carbocycles. The lowest BCUT2D eigenvalue weighted by Crippen LogP contribution is -2.31. The summed E-state index contributed by atoms with van der Waals surface area (Å²) in [6.07, 6.45) is 0. The summed E-state index contributed by atoms with van der Waals surface area (Å²) in [7, 11) is 4.48. The Kier molecular flexibility index (Phi) is 6.46. The zero-order chi connectivity index (χ0) is 21.0. The van der Waals surface area contributed by atoms with Crippen molar-refractivity contribution in [1.29, 1.82) is 0 Å². The lowest BCUT2D eigenvalue weighted by molar-refractivity contribution is -0.119. The van der Waals surface area contributed by atoms with E-state index in [9.17, 15) is 14.7 Å². The van der Waals surface area contributed by atoms with Crippen molar-refractivity contribution >= 4 is 34.8 Å². The molecule has 2 aromatic carbocycles. The van der Waals surface area contributed by atoms with Gasteiger partial charge in [0, 0.05) is 17.4 Å². The highest BCUT2D eigenvalue weighted by atomic mass is 32.2. The zero-order valence-electron chi connectivity index (χ0n) is 16.3. The van der Waals surface area contributed by atoms with Crippen molar-refractivity contribution in [2.24, 2.45) is 0 Å². The third-order valence-electron chi connectivity index (χ3n) is 4.38. The molecule has 0 spiro atoms. The number of para-hydroxylation sites is 1. The molecule has 8 heteroatoms. The fraction of sp³-hybridized carbons (Fsp3) is 0.238. The second-order valence-corrected chi connectivity index (χ2v) is 7.07. The maximum Gasteiger partial charge on any atom is 0.272 e. The van der Waals surface area contributed by atoms with Crippen LogP contribution in [0.4, 0.5) is 5.69 Å². The van der Waals surface area contributed by atoms with Gasteiger partial charge >= 0.3 is 0 Å². The van der Waals surface area contributed by atoms with Crippen LogP contribution < -0.4 is 19.1 Å². The number of amides is 2. The number of methoxy groups -OCH3 is 3. The van der Waals surface area contributed by atoms with Gasteiger partial charge in [-0.1, -0.05) is 18.2 Å². The molecular weight excluding hydrogens is 394 g/mol. The molecule has 0 radical (unpaired) electrons. The van der Waals surface area contributed by atoms with E-state index in [1.54, 1.807) is 42.5 Å². The van der Waals surface area contributed by atoms with Gasteiger partial charge in [-0.05, 0) is 18.2 Å². The van der Waals surface area contributed by atoms with Gasteiger partial charge in [0.25, 0.3) is 11.8 Å². The molecule has 1 aliphatic rings. The highest BCUT2D eigenvalue weighted by Crippen LogP contribution is 2.43. The van der Waals surface area contributed by atoms with Gasteiger partial charge in [-0.25, -0.2) is 4.90 Å². The molecule has 1 N–H and O–H groups in total. The number of rotatable bonds is 8. The summed E-state index contributed by atoms with van der Waals surface area (Å²) < 4.78 is 16.0. The van der Waals surface area contributed by atoms with Crippen molar-refractivity contribution in [3.8, 4) is 17.2 Å². The summed E-state index contributed by atoms with van der Waals surface area (Å²) >= 11 is 1.13. The number of aliphatic hydroxyl groups is 1. The van der Waals surface area contributed by atoms with E-state index in [-0.39, 0.29) is 22.8 Å². The average molecular weight is 415 g/mol. The van der Waals surface area contributed by atoms with Crippen LogP contribution in [0.3, 0.4) is 0 Å². The van der Waals surface area contributed by atoms with Crippen LogP contribution in [0.2, 0.25) is 0 Å². The molecule has 2 amide bonds. The second kappa shape index (κ2) is 9.02. The third-order valence-corrected chi connectivity index (χ3v) is 5.44. The van der Waals surface area contributed by atoms with Crippen LogP contribution >= 0.6 is 11.8 Å². The van der Waals surface area contributed by atoms with Gasteiger partial charge in [0.1, 0.15) is 17.2 Å². The maximum atomic E-state index is 13.4. The number of imide groups is 1. The van der Waals surface area contributed by atoms with E-state index in [2.05, 4.69) is 0 Å². The molecule has 2 aromatic rings. The predicted octanol–water partition coefficient (Wildman–Crippen LogP) is 2.72. The number of thioether (sulfide) groups is 1. The Balaban J connectivity index is 2.14. The largest absolute Gasteiger partial charge is 0.497 e. The minimum absolute atomic E-state index is 0.124. The van der Waals surface area contributed by atoms with Crippen LogP contribution in [0, 0.1) is 0 Å². The van der Waals surface area contributed by atoms with Crippen molar-refractivity contribution in [2.75, 3.05) is 38.6 Å². The van der Waals surface area contributed by atoms with E-state index in [1.807, 2.05) is 0 Å². The van der Waals surface area contributed by atoms with Crippen molar-refractivity contribution < 1.29 is 28.9 Å². The van der Waals surface area contributed by atoms with Gasteiger partial charge in [0.2, 0.25) is 0 Å². The van der Waals surface area contributed by atoms with Crippen LogP contribution in [-0.4, -0.2) is 50.6 Å². The molecule has 29 heavy (non-hydrogen) atoms. The van der Waals surface area contributed by atoms with Gasteiger partial charge in [0.05, 0.1) is 44.1 Å². The molecular formula is C21H21NO6S. The normalized spacial score (nSPS) is 13.9. The Hall–Kier alpha value is -2.97. The summed E-state index contributed by atoms with van der Waals surface area (Å²) in [5.74, 6) is 0.674. The smallest absolute Gasteiger partial charge is 0.272 e. The Bertz CT molecular complexity index is 971. The van der Waals surface area contributed by atoms with E-state index in [0.29, 0.717) is 28.5 Å². The number of hydrogen-bond donors (Lipinski definition) is 1. The fourth-order valence-electron chi connectivity index (χ4n) is 3.07. The highest BCUT2D eigenvalue weighted by molar-refractivity contribution is 8.04. The number of aliphatic hydroxyl groups excluding tert-OH is 1. The molecule has 3 rings (SSSR count). The van der Waals surface area contributed by atoms with Gasteiger partial charge in [-0.3, -0.25) is 9.59 Å². The summed E-state index contributed by atoms with van der Waals surface area (Å²) in [5, 5.41) is 9.25. The highest BCUT2D eigenvalue weighted by Gasteiger charge is 2.42. The number of carbonyl (C=O) groups is 2. The summed E-state index contributed by atoms with van der Waals surface area (Å²) in [5.41, 5.74) is 1.07. The predicted molar refractivity (Wildman–Crippen MR) is 111 cm³/mol. The van der Waals surface area contributed by atoms with Crippen molar-refractivity contribution in [2.45, 2.75) is 0 Å². The molecule has 0 aromatic heterocycles. The number of nitrogens with zero attached hydrogens (tertiary/aromatic N) is 1. The molecule has 7 nitrogen and oxygen atoms in total. The average Bonchev–Trinajstić information content (AvgIpc) is 3.00. The fourth-order valence-corrected chi connectivity index (χ4v) is 3.92. The molecule has 0 saturated carbocycles. The van der Waals surface area contributed by atoms with Crippen LogP contribution in [0.15, 0.2) is 47.4 Å². The van der Waals surface area contributed by atoms with Crippen LogP contribution in [0.5, 0.6) is 17.2 Å². The molecule has 0 fully saturated rings. The van der Waals surface area contributed by atoms with Crippen molar-refractivity contribution in [3.05, 3.63) is 52.9 Å². The van der Waals surface area contributed by atoms with Crippen molar-refractivity contribution in [1.82, 2.24) is 0 Å². The molecule has 0 unspecified atom stereocenters. The van der Waals surface area contributed by atoms with Gasteiger partial charge in [0.15, 0.2) is 0 Å². The van der Waals surface area contributed by atoms with E-state index in [0.717, 1.165) is 16.7 Å². The number of anilines is 1. The number of benzene rings is 2. The van der Waals surface area contributed by atoms with E-state index in [4.69, 9.17) is 14.2 Å². The molecule has 0 saturated heterocycles. The Labute approximate surface area is 172 Å². The lowest BCUT2D eigenvalue weighted by atomic mass is 10.0. The molecule has 0 bridgehead atoms. The van der Waals surface area contributed by atoms with Gasteiger partial charge in [-0.15, -0.1) is 11.8 Å². The number of hydrogen-bond acceptors (Lipinski definition) is 7. The van der Waals surface area contributed by atoms with E-state index in [1.165, 1.54) is 21.3 Å². The monoisotopic (exact) mass is 415 g/mol. The topological polar surface area (TPSA) is 85.3 Å². The zero-order valence-corrected chi connectivity index (χ0v) is 17.1. The lowest BCUT2D eigenvalue weighted by Gasteiger charge is -2.19. The Morgan fingerprint density at radius 2 is 1.66 bits per heavy atom. The third kappa shape index (κ3) is 3.81. The molecule has 0 atom stereocenters. The minimum Gasteiger partial charge on any atom is -0.497 e. The maximum absolute atomic E-state index is 13.4. The Morgan fingerprint density at radius 1 is 0.931 bits per heavy atom. The van der Waals surface area contributed by atoms with Gasteiger partial charge in [-0.2, -0.15) is 0 Å². The van der Waals surface area contributed by atoms with E-state index >= 15 is 0 Å². The second-order valence-electron chi connectivity index (χ2n) is 5.96. The van der Waals surface area contributed by atoms with Crippen molar-refractivity contribution in [3.63, 3.8) is 0 Å². The van der Waals surface area contributed by atoms with Gasteiger partial charge < -0.3 is 19.3 Å². The molecule has 1 aliphatic heterocycles. The molecule has 152 valence electrons. The summed E-state index contributed by atoms with van der Waals surface area (Å²) in [6, 6.07) is 11.9. The minimum atomic E-state index is -0.483.